The van der Waals surface area contributed by atoms with Crippen molar-refractivity contribution in [3.05, 3.63) is 60.2 Å². The Morgan fingerprint density at radius 2 is 2.00 bits per heavy atom. The summed E-state index contributed by atoms with van der Waals surface area (Å²) in [4.78, 5) is 4.27. The average Bonchev–Trinajstić information content (AvgIpc) is 2.92. The maximum Gasteiger partial charge on any atom is 0.0490 e. The Hall–Kier alpha value is -2.20. The van der Waals surface area contributed by atoms with E-state index in [2.05, 4.69) is 38.7 Å². The summed E-state index contributed by atoms with van der Waals surface area (Å²) in [6.07, 6.45) is 5.58. The van der Waals surface area contributed by atoms with Crippen LogP contribution < -0.4 is 5.32 Å². The van der Waals surface area contributed by atoms with Gasteiger partial charge in [0.05, 0.1) is 0 Å². The molecule has 4 heteroatoms. The molecule has 3 rings (SSSR count). The van der Waals surface area contributed by atoms with Crippen LogP contribution >= 0.6 is 0 Å². The molecule has 2 N–H and O–H groups in total. The lowest BCUT2D eigenvalue weighted by Gasteiger charge is -2.06. The molecule has 0 unspecified atom stereocenters. The van der Waals surface area contributed by atoms with Crippen LogP contribution in [0, 0.1) is 0 Å². The molecule has 1 aromatic carbocycles. The lowest BCUT2D eigenvalue weighted by atomic mass is 10.1. The van der Waals surface area contributed by atoms with Gasteiger partial charge in [0.15, 0.2) is 0 Å². The van der Waals surface area contributed by atoms with Gasteiger partial charge in [-0.05, 0) is 17.0 Å². The van der Waals surface area contributed by atoms with Gasteiger partial charge in [0.25, 0.3) is 0 Å². The summed E-state index contributed by atoms with van der Waals surface area (Å²) < 4.78 is 0. The smallest absolute Gasteiger partial charge is 0.0490 e. The van der Waals surface area contributed by atoms with E-state index < -0.39 is 0 Å². The predicted octanol–water partition coefficient (Wildman–Crippen LogP) is 2.25. The lowest BCUT2D eigenvalue weighted by molar-refractivity contribution is 0.679. The van der Waals surface area contributed by atoms with E-state index in [0.29, 0.717) is 0 Å². The number of fused-ring (bicyclic) bond motifs is 1. The van der Waals surface area contributed by atoms with Crippen LogP contribution in [0.4, 0.5) is 0 Å². The molecule has 18 heavy (non-hydrogen) atoms. The number of H-pyrrole nitrogens is 1. The quantitative estimate of drug-likeness (QED) is 0.733. The van der Waals surface area contributed by atoms with E-state index in [1.165, 1.54) is 16.3 Å². The molecule has 0 aliphatic heterocycles. The Labute approximate surface area is 105 Å². The first kappa shape index (κ1) is 10.9. The first-order valence-electron chi connectivity index (χ1n) is 5.94. The van der Waals surface area contributed by atoms with Crippen LogP contribution in [0.5, 0.6) is 0 Å². The first-order valence-corrected chi connectivity index (χ1v) is 5.94. The van der Waals surface area contributed by atoms with Gasteiger partial charge in [-0.25, -0.2) is 0 Å². The van der Waals surface area contributed by atoms with Gasteiger partial charge in [-0.2, -0.15) is 5.10 Å². The molecule has 0 saturated carbocycles. The number of nitrogens with zero attached hydrogens (tertiary/aromatic N) is 2. The number of rotatable bonds is 4. The summed E-state index contributed by atoms with van der Waals surface area (Å²) >= 11 is 0. The summed E-state index contributed by atoms with van der Waals surface area (Å²) in [5, 5.41) is 12.7. The molecule has 0 atom stereocenters. The maximum atomic E-state index is 4.27. The van der Waals surface area contributed by atoms with Gasteiger partial charge in [0.2, 0.25) is 0 Å². The van der Waals surface area contributed by atoms with Crippen LogP contribution in [0.3, 0.4) is 0 Å². The van der Waals surface area contributed by atoms with Crippen molar-refractivity contribution in [2.45, 2.75) is 13.1 Å². The van der Waals surface area contributed by atoms with Gasteiger partial charge in [-0.1, -0.05) is 24.3 Å². The highest BCUT2D eigenvalue weighted by atomic mass is 15.1. The SMILES string of the molecule is c1ccc2c(CNCc3ccn[nH]3)cncc2c1. The third-order valence-corrected chi connectivity index (χ3v) is 2.94. The van der Waals surface area contributed by atoms with Crippen LogP contribution in [0.1, 0.15) is 11.3 Å². The molecule has 0 amide bonds. The van der Waals surface area contributed by atoms with Gasteiger partial charge in [0, 0.05) is 42.8 Å². The normalized spacial score (nSPS) is 10.9. The fraction of sp³-hybridized carbons (Fsp3) is 0.143. The maximum absolute atomic E-state index is 4.27. The van der Waals surface area contributed by atoms with Crippen molar-refractivity contribution in [2.24, 2.45) is 0 Å². The third kappa shape index (κ3) is 2.24. The third-order valence-electron chi connectivity index (χ3n) is 2.94. The summed E-state index contributed by atoms with van der Waals surface area (Å²) in [5.41, 5.74) is 2.30. The van der Waals surface area contributed by atoms with E-state index in [1.807, 2.05) is 24.5 Å². The van der Waals surface area contributed by atoms with E-state index in [1.54, 1.807) is 6.20 Å². The van der Waals surface area contributed by atoms with Crippen molar-refractivity contribution in [3.63, 3.8) is 0 Å². The topological polar surface area (TPSA) is 53.6 Å². The molecule has 3 aromatic rings. The Bertz CT molecular complexity index is 626. The number of nitrogens with one attached hydrogen (secondary N) is 2. The summed E-state index contributed by atoms with van der Waals surface area (Å²) in [5.74, 6) is 0. The van der Waals surface area contributed by atoms with E-state index in [9.17, 15) is 0 Å². The van der Waals surface area contributed by atoms with Crippen LogP contribution in [0.25, 0.3) is 10.8 Å². The van der Waals surface area contributed by atoms with Gasteiger partial charge in [-0.3, -0.25) is 10.1 Å². The van der Waals surface area contributed by atoms with Crippen molar-refractivity contribution in [1.82, 2.24) is 20.5 Å². The molecule has 0 bridgehead atoms. The van der Waals surface area contributed by atoms with Crippen LogP contribution in [-0.4, -0.2) is 15.2 Å². The molecule has 0 radical (unpaired) electrons. The Morgan fingerprint density at radius 3 is 2.89 bits per heavy atom. The summed E-state index contributed by atoms with van der Waals surface area (Å²) in [6.45, 7) is 1.58. The zero-order chi connectivity index (χ0) is 12.2. The Morgan fingerprint density at radius 1 is 1.06 bits per heavy atom. The molecule has 4 nitrogen and oxygen atoms in total. The number of hydrogen-bond donors (Lipinski definition) is 2. The number of benzene rings is 1. The molecule has 0 fully saturated rings. The highest BCUT2D eigenvalue weighted by Crippen LogP contribution is 2.16. The molecule has 0 aliphatic carbocycles. The second-order valence-corrected chi connectivity index (χ2v) is 4.21. The van der Waals surface area contributed by atoms with Gasteiger partial charge < -0.3 is 5.32 Å². The van der Waals surface area contributed by atoms with Crippen molar-refractivity contribution in [3.8, 4) is 0 Å². The summed E-state index contributed by atoms with van der Waals surface area (Å²) in [7, 11) is 0. The van der Waals surface area contributed by atoms with E-state index >= 15 is 0 Å². The van der Waals surface area contributed by atoms with Crippen molar-refractivity contribution in [1.29, 1.82) is 0 Å². The fourth-order valence-corrected chi connectivity index (χ4v) is 2.03. The largest absolute Gasteiger partial charge is 0.307 e. The molecule has 0 saturated heterocycles. The second-order valence-electron chi connectivity index (χ2n) is 4.21. The summed E-state index contributed by atoms with van der Waals surface area (Å²) in [6, 6.07) is 10.3. The molecular formula is C14H14N4. The average molecular weight is 238 g/mol. The highest BCUT2D eigenvalue weighted by Gasteiger charge is 2.01. The Balaban J connectivity index is 1.74. The van der Waals surface area contributed by atoms with E-state index in [4.69, 9.17) is 0 Å². The minimum atomic E-state index is 0.781. The lowest BCUT2D eigenvalue weighted by Crippen LogP contribution is -2.13. The molecule has 90 valence electrons. The molecule has 2 aromatic heterocycles. The predicted molar refractivity (Wildman–Crippen MR) is 70.9 cm³/mol. The first-order chi connectivity index (χ1) is 8.93. The van der Waals surface area contributed by atoms with E-state index in [-0.39, 0.29) is 0 Å². The molecular weight excluding hydrogens is 224 g/mol. The minimum absolute atomic E-state index is 0.781. The fourth-order valence-electron chi connectivity index (χ4n) is 2.03. The van der Waals surface area contributed by atoms with Gasteiger partial charge in [0.1, 0.15) is 0 Å². The second kappa shape index (κ2) is 4.98. The van der Waals surface area contributed by atoms with Crippen LogP contribution in [-0.2, 0) is 13.1 Å². The van der Waals surface area contributed by atoms with Crippen LogP contribution in [0.15, 0.2) is 48.9 Å². The highest BCUT2D eigenvalue weighted by molar-refractivity contribution is 5.84. The van der Waals surface area contributed by atoms with Crippen LogP contribution in [0.2, 0.25) is 0 Å². The zero-order valence-electron chi connectivity index (χ0n) is 9.93. The van der Waals surface area contributed by atoms with Crippen molar-refractivity contribution in [2.75, 3.05) is 0 Å². The molecule has 2 heterocycles. The van der Waals surface area contributed by atoms with Crippen molar-refractivity contribution < 1.29 is 0 Å². The van der Waals surface area contributed by atoms with Gasteiger partial charge in [-0.15, -0.1) is 0 Å². The number of hydrogen-bond acceptors (Lipinski definition) is 3. The molecule has 0 aliphatic rings. The number of aromatic amines is 1. The molecule has 0 spiro atoms. The number of pyridine rings is 1. The minimum Gasteiger partial charge on any atom is -0.307 e. The number of aromatic nitrogens is 3. The van der Waals surface area contributed by atoms with Crippen molar-refractivity contribution >= 4 is 10.8 Å². The monoisotopic (exact) mass is 238 g/mol. The van der Waals surface area contributed by atoms with Gasteiger partial charge >= 0.3 is 0 Å². The zero-order valence-corrected chi connectivity index (χ0v) is 9.93. The standard InChI is InChI=1S/C14H14N4/c1-2-4-14-11(3-1)7-15-8-12(14)9-16-10-13-5-6-17-18-13/h1-8,16H,9-10H2,(H,17,18). The Kier molecular flexibility index (Phi) is 3.02. The van der Waals surface area contributed by atoms with E-state index in [0.717, 1.165) is 18.8 Å².